The van der Waals surface area contributed by atoms with Crippen LogP contribution in [0.2, 0.25) is 0 Å². The number of benzene rings is 2. The number of nitrogens with zero attached hydrogens (tertiary/aromatic N) is 2. The first-order chi connectivity index (χ1) is 9.61. The van der Waals surface area contributed by atoms with E-state index in [1.165, 1.54) is 6.07 Å². The molecule has 3 rings (SSSR count). The maximum Gasteiger partial charge on any atom is 0.151 e. The summed E-state index contributed by atoms with van der Waals surface area (Å²) in [5, 5.41) is 0. The zero-order chi connectivity index (χ0) is 14.3. The molecule has 0 saturated carbocycles. The number of aryl methyl sites for hydroxylation is 1. The van der Waals surface area contributed by atoms with Crippen LogP contribution in [0, 0.1) is 12.7 Å². The lowest BCUT2D eigenvalue weighted by molar-refractivity contribution is 0.637. The quantitative estimate of drug-likeness (QED) is 0.594. The molecular weight excluding hydrogens is 343 g/mol. The molecule has 0 saturated heterocycles. The molecule has 3 aromatic rings. The molecule has 5 heteroatoms. The smallest absolute Gasteiger partial charge is 0.151 e. The van der Waals surface area contributed by atoms with E-state index < -0.39 is 0 Å². The predicted molar refractivity (Wildman–Crippen MR) is 83.0 cm³/mol. The Balaban J connectivity index is 2.37. The van der Waals surface area contributed by atoms with Gasteiger partial charge in [0.15, 0.2) is 5.82 Å². The topological polar surface area (TPSA) is 17.8 Å². The lowest BCUT2D eigenvalue weighted by Crippen LogP contribution is -2.00. The number of rotatable bonds is 2. The summed E-state index contributed by atoms with van der Waals surface area (Å²) in [6, 6.07) is 10.9. The van der Waals surface area contributed by atoms with Gasteiger partial charge in [0.2, 0.25) is 0 Å². The van der Waals surface area contributed by atoms with E-state index in [2.05, 4.69) is 20.9 Å². The zero-order valence-corrected chi connectivity index (χ0v) is 13.0. The van der Waals surface area contributed by atoms with E-state index in [4.69, 9.17) is 11.6 Å². The Morgan fingerprint density at radius 2 is 2.10 bits per heavy atom. The minimum atomic E-state index is -0.337. The van der Waals surface area contributed by atoms with E-state index in [-0.39, 0.29) is 11.7 Å². The van der Waals surface area contributed by atoms with Crippen molar-refractivity contribution in [3.8, 4) is 5.69 Å². The van der Waals surface area contributed by atoms with Crippen LogP contribution in [0.1, 0.15) is 11.4 Å². The van der Waals surface area contributed by atoms with Crippen LogP contribution in [0.5, 0.6) is 0 Å². The van der Waals surface area contributed by atoms with Gasteiger partial charge in [0, 0.05) is 4.47 Å². The van der Waals surface area contributed by atoms with Crippen LogP contribution in [-0.4, -0.2) is 9.55 Å². The van der Waals surface area contributed by atoms with Crippen molar-refractivity contribution in [1.29, 1.82) is 0 Å². The van der Waals surface area contributed by atoms with E-state index in [0.717, 1.165) is 15.7 Å². The standard InChI is InChI=1S/C15H11BrClFN2/c1-9-5-6-12(10(16)7-9)20-13-4-2-3-11(18)15(13)19-14(20)8-17/h2-7H,8H2,1H3. The Hall–Kier alpha value is -1.39. The Morgan fingerprint density at radius 3 is 2.80 bits per heavy atom. The van der Waals surface area contributed by atoms with E-state index >= 15 is 0 Å². The number of alkyl halides is 1. The van der Waals surface area contributed by atoms with Crippen molar-refractivity contribution in [1.82, 2.24) is 9.55 Å². The van der Waals surface area contributed by atoms with Gasteiger partial charge < -0.3 is 0 Å². The summed E-state index contributed by atoms with van der Waals surface area (Å²) < 4.78 is 16.7. The third kappa shape index (κ3) is 2.13. The number of imidazole rings is 1. The first-order valence-electron chi connectivity index (χ1n) is 6.10. The average Bonchev–Trinajstić information content (AvgIpc) is 2.79. The summed E-state index contributed by atoms with van der Waals surface area (Å²) in [6.45, 7) is 2.02. The van der Waals surface area contributed by atoms with Gasteiger partial charge in [-0.15, -0.1) is 11.6 Å². The number of fused-ring (bicyclic) bond motifs is 1. The first-order valence-corrected chi connectivity index (χ1v) is 7.43. The maximum absolute atomic E-state index is 13.9. The molecule has 102 valence electrons. The molecule has 0 radical (unpaired) electrons. The molecule has 1 aromatic heterocycles. The highest BCUT2D eigenvalue weighted by Crippen LogP contribution is 2.29. The first kappa shape index (κ1) is 13.6. The molecule has 0 atom stereocenters. The van der Waals surface area contributed by atoms with Crippen molar-refractivity contribution < 1.29 is 4.39 Å². The van der Waals surface area contributed by atoms with Crippen molar-refractivity contribution >= 4 is 38.6 Å². The molecule has 0 aliphatic heterocycles. The van der Waals surface area contributed by atoms with Gasteiger partial charge in [0.1, 0.15) is 11.3 Å². The molecular formula is C15H11BrClFN2. The second-order valence-corrected chi connectivity index (χ2v) is 5.68. The maximum atomic E-state index is 13.9. The lowest BCUT2D eigenvalue weighted by atomic mass is 10.2. The van der Waals surface area contributed by atoms with Crippen molar-refractivity contribution in [2.75, 3.05) is 0 Å². The number of para-hydroxylation sites is 1. The SMILES string of the molecule is Cc1ccc(-n2c(CCl)nc3c(F)cccc32)c(Br)c1. The van der Waals surface area contributed by atoms with Gasteiger partial charge in [-0.2, -0.15) is 0 Å². The normalized spacial score (nSPS) is 11.2. The third-order valence-corrected chi connectivity index (χ3v) is 4.04. The van der Waals surface area contributed by atoms with Gasteiger partial charge in [-0.25, -0.2) is 9.37 Å². The summed E-state index contributed by atoms with van der Waals surface area (Å²) in [4.78, 5) is 4.31. The Bertz CT molecular complexity index is 798. The summed E-state index contributed by atoms with van der Waals surface area (Å²) in [5.41, 5.74) is 3.10. The van der Waals surface area contributed by atoms with Gasteiger partial charge in [-0.3, -0.25) is 4.57 Å². The summed E-state index contributed by atoms with van der Waals surface area (Å²) in [6.07, 6.45) is 0. The molecule has 2 nitrogen and oxygen atoms in total. The minimum absolute atomic E-state index is 0.217. The predicted octanol–water partition coefficient (Wildman–Crippen LogP) is 4.97. The zero-order valence-electron chi connectivity index (χ0n) is 10.7. The number of hydrogen-bond donors (Lipinski definition) is 0. The molecule has 0 unspecified atom stereocenters. The Labute approximate surface area is 129 Å². The molecule has 0 N–H and O–H groups in total. The van der Waals surface area contributed by atoms with Gasteiger partial charge in [-0.05, 0) is 52.7 Å². The van der Waals surface area contributed by atoms with Crippen LogP contribution in [0.4, 0.5) is 4.39 Å². The van der Waals surface area contributed by atoms with Gasteiger partial charge >= 0.3 is 0 Å². The number of halogens is 3. The van der Waals surface area contributed by atoms with E-state index in [0.29, 0.717) is 16.9 Å². The van der Waals surface area contributed by atoms with E-state index in [9.17, 15) is 4.39 Å². The molecule has 0 aliphatic rings. The fraction of sp³-hybridized carbons (Fsp3) is 0.133. The van der Waals surface area contributed by atoms with Crippen LogP contribution < -0.4 is 0 Å². The molecule has 0 bridgehead atoms. The summed E-state index contributed by atoms with van der Waals surface area (Å²) in [7, 11) is 0. The summed E-state index contributed by atoms with van der Waals surface area (Å²) in [5.74, 6) is 0.501. The minimum Gasteiger partial charge on any atom is -0.294 e. The van der Waals surface area contributed by atoms with E-state index in [1.807, 2.05) is 35.8 Å². The molecule has 0 fully saturated rings. The molecule has 0 amide bonds. The van der Waals surface area contributed by atoms with Gasteiger partial charge in [0.25, 0.3) is 0 Å². The molecule has 1 heterocycles. The molecule has 0 aliphatic carbocycles. The van der Waals surface area contributed by atoms with Crippen LogP contribution in [0.15, 0.2) is 40.9 Å². The fourth-order valence-electron chi connectivity index (χ4n) is 2.26. The number of hydrogen-bond acceptors (Lipinski definition) is 1. The van der Waals surface area contributed by atoms with Crippen molar-refractivity contribution in [3.63, 3.8) is 0 Å². The molecule has 0 spiro atoms. The Kier molecular flexibility index (Phi) is 3.52. The van der Waals surface area contributed by atoms with Crippen molar-refractivity contribution in [2.45, 2.75) is 12.8 Å². The van der Waals surface area contributed by atoms with Gasteiger partial charge in [0.05, 0.1) is 17.1 Å². The Morgan fingerprint density at radius 1 is 1.30 bits per heavy atom. The monoisotopic (exact) mass is 352 g/mol. The lowest BCUT2D eigenvalue weighted by Gasteiger charge is -2.10. The average molecular weight is 354 g/mol. The van der Waals surface area contributed by atoms with Crippen molar-refractivity contribution in [2.24, 2.45) is 0 Å². The highest BCUT2D eigenvalue weighted by atomic mass is 79.9. The highest BCUT2D eigenvalue weighted by Gasteiger charge is 2.16. The largest absolute Gasteiger partial charge is 0.294 e. The second kappa shape index (κ2) is 5.19. The van der Waals surface area contributed by atoms with Crippen LogP contribution in [-0.2, 0) is 5.88 Å². The third-order valence-electron chi connectivity index (χ3n) is 3.17. The fourth-order valence-corrected chi connectivity index (χ4v) is 3.11. The van der Waals surface area contributed by atoms with Crippen molar-refractivity contribution in [3.05, 3.63) is 58.1 Å². The number of aromatic nitrogens is 2. The van der Waals surface area contributed by atoms with Crippen LogP contribution in [0.25, 0.3) is 16.7 Å². The molecule has 2 aromatic carbocycles. The van der Waals surface area contributed by atoms with Crippen LogP contribution in [0.3, 0.4) is 0 Å². The second-order valence-electron chi connectivity index (χ2n) is 4.56. The molecule has 20 heavy (non-hydrogen) atoms. The summed E-state index contributed by atoms with van der Waals surface area (Å²) >= 11 is 9.52. The highest BCUT2D eigenvalue weighted by molar-refractivity contribution is 9.10. The van der Waals surface area contributed by atoms with Crippen LogP contribution >= 0.6 is 27.5 Å². The van der Waals surface area contributed by atoms with Gasteiger partial charge in [-0.1, -0.05) is 12.1 Å². The van der Waals surface area contributed by atoms with E-state index in [1.54, 1.807) is 6.07 Å².